The van der Waals surface area contributed by atoms with E-state index >= 15 is 0 Å². The van der Waals surface area contributed by atoms with Crippen LogP contribution in [0.2, 0.25) is 0 Å². The van der Waals surface area contributed by atoms with Crippen molar-refractivity contribution in [2.75, 3.05) is 4.90 Å². The number of nitrogens with zero attached hydrogens (tertiary/aromatic N) is 1. The Morgan fingerprint density at radius 1 is 0.273 bits per heavy atom. The highest BCUT2D eigenvalue weighted by Crippen LogP contribution is 2.47. The topological polar surface area (TPSA) is 16.4 Å². The zero-order valence-corrected chi connectivity index (χ0v) is 36.0. The predicted octanol–water partition coefficient (Wildman–Crippen LogP) is 18.3. The second kappa shape index (κ2) is 15.5. The fourth-order valence-electron chi connectivity index (χ4n) is 10.4. The van der Waals surface area contributed by atoms with Gasteiger partial charge in [-0.05, 0) is 137 Å². The Balaban J connectivity index is 0.960. The standard InChI is InChI=1S/C64H41NO/c1-3-17-45(18-4-1)61-57-26-12-11-25-55(57)56-37-33-48(41-59(56)62(61)46-19-5-2-6-20-46)43-29-34-50(35-30-43)65(52-36-31-42-15-7-8-21-47(42)39-52)51-23-13-22-49(40-51)53-27-14-28-60-63(53)58-38-32-44-16-9-10-24-54(44)64(58)66-60/h1-41H. The highest BCUT2D eigenvalue weighted by atomic mass is 16.3. The molecule has 0 N–H and O–H groups in total. The van der Waals surface area contributed by atoms with Crippen LogP contribution in [-0.4, -0.2) is 0 Å². The normalized spacial score (nSPS) is 11.6. The average Bonchev–Trinajstić information content (AvgIpc) is 3.79. The minimum Gasteiger partial charge on any atom is -0.455 e. The molecular weight excluding hydrogens is 799 g/mol. The molecule has 2 heteroatoms. The van der Waals surface area contributed by atoms with Crippen LogP contribution >= 0.6 is 0 Å². The molecule has 0 radical (unpaired) electrons. The van der Waals surface area contributed by atoms with Gasteiger partial charge in [-0.3, -0.25) is 0 Å². The van der Waals surface area contributed by atoms with Gasteiger partial charge in [0.05, 0.1) is 0 Å². The van der Waals surface area contributed by atoms with Crippen molar-refractivity contribution in [2.45, 2.75) is 0 Å². The van der Waals surface area contributed by atoms with E-state index in [0.717, 1.165) is 61.1 Å². The maximum absolute atomic E-state index is 6.62. The maximum atomic E-state index is 6.62. The predicted molar refractivity (Wildman–Crippen MR) is 280 cm³/mol. The second-order valence-corrected chi connectivity index (χ2v) is 17.2. The van der Waals surface area contributed by atoms with E-state index in [-0.39, 0.29) is 0 Å². The van der Waals surface area contributed by atoms with Gasteiger partial charge in [-0.1, -0.05) is 194 Å². The first kappa shape index (κ1) is 37.8. The monoisotopic (exact) mass is 839 g/mol. The first-order valence-electron chi connectivity index (χ1n) is 22.7. The number of hydrogen-bond donors (Lipinski definition) is 0. The van der Waals surface area contributed by atoms with Crippen molar-refractivity contribution in [3.8, 4) is 44.5 Å². The third kappa shape index (κ3) is 6.26. The van der Waals surface area contributed by atoms with Crippen LogP contribution in [0.15, 0.2) is 253 Å². The fraction of sp³-hybridized carbons (Fsp3) is 0. The lowest BCUT2D eigenvalue weighted by Gasteiger charge is -2.26. The van der Waals surface area contributed by atoms with E-state index < -0.39 is 0 Å². The summed E-state index contributed by atoms with van der Waals surface area (Å²) in [5.74, 6) is 0. The molecule has 0 saturated carbocycles. The lowest BCUT2D eigenvalue weighted by Crippen LogP contribution is -2.10. The number of furan rings is 1. The highest BCUT2D eigenvalue weighted by molar-refractivity contribution is 6.22. The summed E-state index contributed by atoms with van der Waals surface area (Å²) in [6.45, 7) is 0. The Bertz CT molecular complexity index is 3980. The third-order valence-electron chi connectivity index (χ3n) is 13.4. The number of anilines is 3. The summed E-state index contributed by atoms with van der Waals surface area (Å²) in [4.78, 5) is 2.38. The van der Waals surface area contributed by atoms with Crippen LogP contribution in [0, 0.1) is 0 Å². The van der Waals surface area contributed by atoms with Gasteiger partial charge < -0.3 is 9.32 Å². The van der Waals surface area contributed by atoms with Crippen molar-refractivity contribution in [1.82, 2.24) is 0 Å². The van der Waals surface area contributed by atoms with E-state index in [0.29, 0.717) is 0 Å². The van der Waals surface area contributed by atoms with Crippen LogP contribution in [0.1, 0.15) is 0 Å². The molecule has 2 nitrogen and oxygen atoms in total. The first-order chi connectivity index (χ1) is 32.7. The SMILES string of the molecule is c1ccc(-c2c(-c3ccccc3)c3cc(-c4ccc(N(c5cccc(-c6cccc7oc8c9ccccc9ccc8c67)c5)c5ccc6ccccc6c5)cc4)ccc3c3ccccc23)cc1. The number of hydrogen-bond acceptors (Lipinski definition) is 2. The summed E-state index contributed by atoms with van der Waals surface area (Å²) in [6.07, 6.45) is 0. The molecule has 66 heavy (non-hydrogen) atoms. The van der Waals surface area contributed by atoms with Crippen molar-refractivity contribution in [3.05, 3.63) is 249 Å². The summed E-state index contributed by atoms with van der Waals surface area (Å²) in [6, 6.07) is 90.3. The molecule has 0 spiro atoms. The van der Waals surface area contributed by atoms with Crippen LogP contribution in [0.4, 0.5) is 17.1 Å². The molecule has 13 rings (SSSR count). The van der Waals surface area contributed by atoms with Gasteiger partial charge in [-0.25, -0.2) is 0 Å². The Hall–Kier alpha value is -8.72. The minimum absolute atomic E-state index is 0.889. The van der Waals surface area contributed by atoms with E-state index in [4.69, 9.17) is 4.42 Å². The van der Waals surface area contributed by atoms with Gasteiger partial charge in [0.2, 0.25) is 0 Å². The van der Waals surface area contributed by atoms with E-state index in [1.807, 2.05) is 0 Å². The molecule has 0 aliphatic rings. The Kier molecular flexibility index (Phi) is 8.89. The molecule has 1 aromatic heterocycles. The largest absolute Gasteiger partial charge is 0.455 e. The van der Waals surface area contributed by atoms with Gasteiger partial charge in [0.1, 0.15) is 11.2 Å². The van der Waals surface area contributed by atoms with Gasteiger partial charge in [-0.2, -0.15) is 0 Å². The van der Waals surface area contributed by atoms with Gasteiger partial charge in [0.25, 0.3) is 0 Å². The molecule has 13 aromatic rings. The molecule has 12 aromatic carbocycles. The third-order valence-corrected chi connectivity index (χ3v) is 13.4. The summed E-state index contributed by atoms with van der Waals surface area (Å²) >= 11 is 0. The molecule has 0 atom stereocenters. The molecule has 308 valence electrons. The van der Waals surface area contributed by atoms with Gasteiger partial charge in [0.15, 0.2) is 0 Å². The zero-order valence-electron chi connectivity index (χ0n) is 36.0. The van der Waals surface area contributed by atoms with E-state index in [1.54, 1.807) is 0 Å². The van der Waals surface area contributed by atoms with Crippen LogP contribution < -0.4 is 4.90 Å². The first-order valence-corrected chi connectivity index (χ1v) is 22.7. The van der Waals surface area contributed by atoms with Crippen molar-refractivity contribution in [3.63, 3.8) is 0 Å². The summed E-state index contributed by atoms with van der Waals surface area (Å²) < 4.78 is 6.62. The Morgan fingerprint density at radius 2 is 0.833 bits per heavy atom. The summed E-state index contributed by atoms with van der Waals surface area (Å²) in [5.41, 5.74) is 14.6. The van der Waals surface area contributed by atoms with Crippen molar-refractivity contribution >= 4 is 82.1 Å². The molecule has 0 aliphatic carbocycles. The molecule has 0 bridgehead atoms. The zero-order chi connectivity index (χ0) is 43.6. The molecule has 0 saturated heterocycles. The second-order valence-electron chi connectivity index (χ2n) is 17.2. The lowest BCUT2D eigenvalue weighted by atomic mass is 9.84. The summed E-state index contributed by atoms with van der Waals surface area (Å²) in [7, 11) is 0. The quantitative estimate of drug-likeness (QED) is 0.149. The molecule has 1 heterocycles. The van der Waals surface area contributed by atoms with Crippen LogP contribution in [0.5, 0.6) is 0 Å². The van der Waals surface area contributed by atoms with Crippen LogP contribution in [0.25, 0.3) is 110 Å². The minimum atomic E-state index is 0.889. The van der Waals surface area contributed by atoms with E-state index in [1.165, 1.54) is 65.5 Å². The molecular formula is C64H41NO. The van der Waals surface area contributed by atoms with E-state index in [9.17, 15) is 0 Å². The smallest absolute Gasteiger partial charge is 0.143 e. The van der Waals surface area contributed by atoms with Crippen LogP contribution in [0.3, 0.4) is 0 Å². The van der Waals surface area contributed by atoms with E-state index in [2.05, 4.69) is 254 Å². The molecule has 0 unspecified atom stereocenters. The van der Waals surface area contributed by atoms with Gasteiger partial charge in [0, 0.05) is 33.2 Å². The molecule has 0 amide bonds. The van der Waals surface area contributed by atoms with Crippen molar-refractivity contribution in [1.29, 1.82) is 0 Å². The number of rotatable bonds is 7. The number of benzene rings is 12. The maximum Gasteiger partial charge on any atom is 0.143 e. The van der Waals surface area contributed by atoms with Crippen LogP contribution in [-0.2, 0) is 0 Å². The summed E-state index contributed by atoms with van der Waals surface area (Å²) in [5, 5.41) is 12.0. The fourth-order valence-corrected chi connectivity index (χ4v) is 10.4. The Morgan fingerprint density at radius 3 is 1.62 bits per heavy atom. The number of fused-ring (bicyclic) bond motifs is 9. The highest BCUT2D eigenvalue weighted by Gasteiger charge is 2.20. The molecule has 0 fully saturated rings. The molecule has 0 aliphatic heterocycles. The lowest BCUT2D eigenvalue weighted by molar-refractivity contribution is 0.673. The van der Waals surface area contributed by atoms with Crippen molar-refractivity contribution in [2.24, 2.45) is 0 Å². The van der Waals surface area contributed by atoms with Crippen molar-refractivity contribution < 1.29 is 4.42 Å². The Labute approximate surface area is 382 Å². The van der Waals surface area contributed by atoms with Gasteiger partial charge >= 0.3 is 0 Å². The average molecular weight is 840 g/mol. The van der Waals surface area contributed by atoms with Gasteiger partial charge in [-0.15, -0.1) is 0 Å².